The van der Waals surface area contributed by atoms with Gasteiger partial charge in [-0.3, -0.25) is 4.57 Å². The van der Waals surface area contributed by atoms with Crippen LogP contribution in [0.4, 0.5) is 15.9 Å². The lowest BCUT2D eigenvalue weighted by atomic mass is 10.00. The Labute approximate surface area is 195 Å². The molecule has 1 aliphatic rings. The number of halogens is 1. The molecule has 3 heterocycles. The highest BCUT2D eigenvalue weighted by atomic mass is 19.1. The van der Waals surface area contributed by atoms with Crippen LogP contribution in [0.2, 0.25) is 0 Å². The number of fused-ring (bicyclic) bond motifs is 2. The number of hydrogen-bond donors (Lipinski definition) is 2. The lowest BCUT2D eigenvalue weighted by Gasteiger charge is -2.28. The van der Waals surface area contributed by atoms with E-state index in [4.69, 9.17) is 20.4 Å². The van der Waals surface area contributed by atoms with E-state index in [-0.39, 0.29) is 11.9 Å². The Kier molecular flexibility index (Phi) is 4.83. The van der Waals surface area contributed by atoms with Gasteiger partial charge in [0, 0.05) is 17.5 Å². The lowest BCUT2D eigenvalue weighted by Crippen LogP contribution is -2.22. The average molecular weight is 452 g/mol. The molecule has 0 aliphatic carbocycles. The standard InChI is InChI=1S/C26H21FN6O/c27-17-10-11-22-18(14-17)19(12-13-34-22)30-25-23(28)24(16-6-2-1-3-7-16)31-26(32-25)33-15-29-20-8-4-5-9-21(20)33/h1-11,14-15,19H,12-13,28H2,(H,30,31,32)/t19-/m1/s1. The van der Waals surface area contributed by atoms with Gasteiger partial charge < -0.3 is 15.8 Å². The largest absolute Gasteiger partial charge is 0.493 e. The molecule has 3 aromatic carbocycles. The van der Waals surface area contributed by atoms with Gasteiger partial charge in [0.25, 0.3) is 0 Å². The number of anilines is 2. The Morgan fingerprint density at radius 3 is 2.71 bits per heavy atom. The van der Waals surface area contributed by atoms with E-state index in [1.807, 2.05) is 59.2 Å². The number of nitrogens with one attached hydrogen (secondary N) is 1. The van der Waals surface area contributed by atoms with Gasteiger partial charge >= 0.3 is 0 Å². The number of hydrogen-bond acceptors (Lipinski definition) is 6. The first-order valence-electron chi connectivity index (χ1n) is 11.0. The fraction of sp³-hybridized carbons (Fsp3) is 0.115. The van der Waals surface area contributed by atoms with Gasteiger partial charge in [-0.05, 0) is 30.3 Å². The Hall–Kier alpha value is -4.46. The van der Waals surface area contributed by atoms with E-state index in [0.717, 1.165) is 22.2 Å². The normalized spacial score (nSPS) is 15.0. The van der Waals surface area contributed by atoms with Crippen LogP contribution in [-0.2, 0) is 0 Å². The number of aromatic nitrogens is 4. The number of imidazole rings is 1. The van der Waals surface area contributed by atoms with E-state index in [9.17, 15) is 4.39 Å². The fourth-order valence-corrected chi connectivity index (χ4v) is 4.29. The van der Waals surface area contributed by atoms with Crippen molar-refractivity contribution in [2.75, 3.05) is 17.7 Å². The first-order valence-corrected chi connectivity index (χ1v) is 11.0. The van der Waals surface area contributed by atoms with Crippen LogP contribution in [0.5, 0.6) is 5.75 Å². The van der Waals surface area contributed by atoms with Crippen LogP contribution in [0.15, 0.2) is 79.1 Å². The molecule has 0 fully saturated rings. The predicted molar refractivity (Wildman–Crippen MR) is 129 cm³/mol. The van der Waals surface area contributed by atoms with Crippen molar-refractivity contribution in [3.05, 3.63) is 90.5 Å². The Morgan fingerprint density at radius 1 is 1.00 bits per heavy atom. The number of para-hydroxylation sites is 2. The zero-order chi connectivity index (χ0) is 23.1. The molecular weight excluding hydrogens is 431 g/mol. The van der Waals surface area contributed by atoms with Crippen molar-refractivity contribution in [2.24, 2.45) is 0 Å². The summed E-state index contributed by atoms with van der Waals surface area (Å²) in [5, 5.41) is 3.44. The van der Waals surface area contributed by atoms with Crippen molar-refractivity contribution < 1.29 is 9.13 Å². The van der Waals surface area contributed by atoms with Gasteiger partial charge in [-0.1, -0.05) is 42.5 Å². The highest BCUT2D eigenvalue weighted by molar-refractivity contribution is 5.82. The molecule has 1 atom stereocenters. The molecule has 6 rings (SSSR count). The second-order valence-electron chi connectivity index (χ2n) is 8.12. The van der Waals surface area contributed by atoms with Crippen LogP contribution in [0.1, 0.15) is 18.0 Å². The van der Waals surface area contributed by atoms with E-state index in [0.29, 0.717) is 41.9 Å². The molecule has 0 amide bonds. The van der Waals surface area contributed by atoms with Crippen LogP contribution < -0.4 is 15.8 Å². The summed E-state index contributed by atoms with van der Waals surface area (Å²) in [6.45, 7) is 0.506. The van der Waals surface area contributed by atoms with Crippen molar-refractivity contribution >= 4 is 22.5 Å². The monoisotopic (exact) mass is 452 g/mol. The molecule has 3 N–H and O–H groups in total. The highest BCUT2D eigenvalue weighted by Crippen LogP contribution is 2.37. The third kappa shape index (κ3) is 3.49. The Balaban J connectivity index is 1.50. The minimum absolute atomic E-state index is 0.215. The zero-order valence-corrected chi connectivity index (χ0v) is 18.1. The second kappa shape index (κ2) is 8.15. The maximum absolute atomic E-state index is 14.0. The molecule has 2 aromatic heterocycles. The van der Waals surface area contributed by atoms with Gasteiger partial charge in [-0.25, -0.2) is 14.4 Å². The molecule has 0 saturated heterocycles. The second-order valence-corrected chi connectivity index (χ2v) is 8.12. The summed E-state index contributed by atoms with van der Waals surface area (Å²) in [4.78, 5) is 14.1. The number of ether oxygens (including phenoxy) is 1. The zero-order valence-electron chi connectivity index (χ0n) is 18.1. The van der Waals surface area contributed by atoms with Gasteiger partial charge in [-0.2, -0.15) is 4.98 Å². The molecule has 5 aromatic rings. The van der Waals surface area contributed by atoms with Crippen molar-refractivity contribution in [1.82, 2.24) is 19.5 Å². The molecule has 8 heteroatoms. The van der Waals surface area contributed by atoms with Crippen LogP contribution in [0, 0.1) is 5.82 Å². The molecular formula is C26H21FN6O. The van der Waals surface area contributed by atoms with Crippen molar-refractivity contribution in [2.45, 2.75) is 12.5 Å². The van der Waals surface area contributed by atoms with Crippen LogP contribution in [-0.4, -0.2) is 26.1 Å². The van der Waals surface area contributed by atoms with E-state index in [1.54, 1.807) is 12.4 Å². The van der Waals surface area contributed by atoms with Crippen molar-refractivity contribution in [1.29, 1.82) is 0 Å². The first kappa shape index (κ1) is 20.2. The van der Waals surface area contributed by atoms with E-state index in [2.05, 4.69) is 10.3 Å². The SMILES string of the molecule is Nc1c(N[C@@H]2CCOc3ccc(F)cc32)nc(-n2cnc3ccccc32)nc1-c1ccccc1. The number of benzene rings is 3. The summed E-state index contributed by atoms with van der Waals surface area (Å²) in [7, 11) is 0. The molecule has 34 heavy (non-hydrogen) atoms. The third-order valence-corrected chi connectivity index (χ3v) is 5.97. The topological polar surface area (TPSA) is 90.9 Å². The van der Waals surface area contributed by atoms with Crippen LogP contribution in [0.25, 0.3) is 28.2 Å². The summed E-state index contributed by atoms with van der Waals surface area (Å²) in [6.07, 6.45) is 2.35. The summed E-state index contributed by atoms with van der Waals surface area (Å²) in [6, 6.07) is 21.8. The summed E-state index contributed by atoms with van der Waals surface area (Å²) in [5.41, 5.74) is 11.0. The molecule has 0 unspecified atom stereocenters. The molecule has 0 radical (unpaired) electrons. The van der Waals surface area contributed by atoms with Gasteiger partial charge in [0.15, 0.2) is 5.82 Å². The maximum Gasteiger partial charge on any atom is 0.238 e. The summed E-state index contributed by atoms with van der Waals surface area (Å²) >= 11 is 0. The van der Waals surface area contributed by atoms with Crippen molar-refractivity contribution in [3.63, 3.8) is 0 Å². The molecule has 7 nitrogen and oxygen atoms in total. The molecule has 0 bridgehead atoms. The Morgan fingerprint density at radius 2 is 1.82 bits per heavy atom. The third-order valence-electron chi connectivity index (χ3n) is 5.97. The Bertz CT molecular complexity index is 1500. The quantitative estimate of drug-likeness (QED) is 0.392. The first-order chi connectivity index (χ1) is 16.7. The smallest absolute Gasteiger partial charge is 0.238 e. The van der Waals surface area contributed by atoms with Crippen LogP contribution in [0.3, 0.4) is 0 Å². The number of nitrogens with two attached hydrogens (primary N) is 1. The van der Waals surface area contributed by atoms with E-state index in [1.165, 1.54) is 12.1 Å². The van der Waals surface area contributed by atoms with Gasteiger partial charge in [0.1, 0.15) is 29.3 Å². The average Bonchev–Trinajstić information content (AvgIpc) is 3.30. The highest BCUT2D eigenvalue weighted by Gasteiger charge is 2.25. The minimum atomic E-state index is -0.317. The molecule has 168 valence electrons. The minimum Gasteiger partial charge on any atom is -0.493 e. The van der Waals surface area contributed by atoms with Gasteiger partial charge in [0.05, 0.1) is 23.7 Å². The predicted octanol–water partition coefficient (Wildman–Crippen LogP) is 5.14. The van der Waals surface area contributed by atoms with Gasteiger partial charge in [-0.15, -0.1) is 0 Å². The van der Waals surface area contributed by atoms with Crippen molar-refractivity contribution in [3.8, 4) is 23.0 Å². The lowest BCUT2D eigenvalue weighted by molar-refractivity contribution is 0.273. The number of rotatable bonds is 4. The molecule has 0 saturated carbocycles. The number of nitrogens with zero attached hydrogens (tertiary/aromatic N) is 4. The van der Waals surface area contributed by atoms with Crippen LogP contribution >= 0.6 is 0 Å². The summed E-state index contributed by atoms with van der Waals surface area (Å²) in [5.74, 6) is 1.25. The summed E-state index contributed by atoms with van der Waals surface area (Å²) < 4.78 is 21.6. The molecule has 0 spiro atoms. The van der Waals surface area contributed by atoms with E-state index < -0.39 is 0 Å². The molecule has 1 aliphatic heterocycles. The van der Waals surface area contributed by atoms with Gasteiger partial charge in [0.2, 0.25) is 5.95 Å². The maximum atomic E-state index is 14.0. The number of nitrogen functional groups attached to an aromatic ring is 1. The fourth-order valence-electron chi connectivity index (χ4n) is 4.29. The van der Waals surface area contributed by atoms with E-state index >= 15 is 0 Å².